The van der Waals surface area contributed by atoms with Crippen molar-refractivity contribution in [2.75, 3.05) is 25.6 Å². The molecule has 1 N–H and O–H groups in total. The van der Waals surface area contributed by atoms with Gasteiger partial charge in [-0.25, -0.2) is 4.79 Å². The van der Waals surface area contributed by atoms with Crippen molar-refractivity contribution in [1.82, 2.24) is 0 Å². The summed E-state index contributed by atoms with van der Waals surface area (Å²) in [6.45, 7) is 4.69. The molecule has 0 spiro atoms. The Kier molecular flexibility index (Phi) is 6.95. The zero-order valence-electron chi connectivity index (χ0n) is 15.6. The molecule has 0 aliphatic carbocycles. The molecule has 1 aromatic carbocycles. The van der Waals surface area contributed by atoms with Gasteiger partial charge in [-0.15, -0.1) is 11.3 Å². The first kappa shape index (κ1) is 20.4. The van der Waals surface area contributed by atoms with E-state index < -0.39 is 11.9 Å². The van der Waals surface area contributed by atoms with E-state index in [9.17, 15) is 14.4 Å². The van der Waals surface area contributed by atoms with Gasteiger partial charge in [0.2, 0.25) is 0 Å². The molecule has 144 valence electrons. The lowest BCUT2D eigenvalue weighted by Crippen LogP contribution is -2.21. The number of methoxy groups -OCH3 is 1. The van der Waals surface area contributed by atoms with Gasteiger partial charge in [0.1, 0.15) is 16.5 Å². The fourth-order valence-electron chi connectivity index (χ4n) is 2.37. The first-order chi connectivity index (χ1) is 12.9. The first-order valence-electron chi connectivity index (χ1n) is 8.25. The molecule has 0 aliphatic heterocycles. The van der Waals surface area contributed by atoms with E-state index in [1.807, 2.05) is 0 Å². The topological polar surface area (TPSA) is 90.9 Å². The molecule has 27 heavy (non-hydrogen) atoms. The summed E-state index contributed by atoms with van der Waals surface area (Å²) in [5.74, 6) is -0.0316. The predicted molar refractivity (Wildman–Crippen MR) is 102 cm³/mol. The fraction of sp³-hybridized carbons (Fsp3) is 0.316. The smallest absolute Gasteiger partial charge is 0.341 e. The second-order valence-corrected chi connectivity index (χ2v) is 6.57. The van der Waals surface area contributed by atoms with Crippen molar-refractivity contribution < 1.29 is 28.6 Å². The highest BCUT2D eigenvalue weighted by Crippen LogP contribution is 2.34. The summed E-state index contributed by atoms with van der Waals surface area (Å²) in [5, 5.41) is 2.91. The average Bonchev–Trinajstić information content (AvgIpc) is 2.97. The Morgan fingerprint density at radius 3 is 2.30 bits per heavy atom. The standard InChI is InChI=1S/C19H21NO6S/c1-5-25-19(23)16-11(2)17(12(3)21)27-18(16)20-15(22)10-26-14-8-6-13(24-4)7-9-14/h6-9H,5,10H2,1-4H3,(H,20,22). The molecule has 0 fully saturated rings. The Labute approximate surface area is 161 Å². The summed E-state index contributed by atoms with van der Waals surface area (Å²) in [6.07, 6.45) is 0. The third-order valence-corrected chi connectivity index (χ3v) is 4.94. The van der Waals surface area contributed by atoms with Gasteiger partial charge in [-0.1, -0.05) is 0 Å². The van der Waals surface area contributed by atoms with Crippen LogP contribution in [-0.4, -0.2) is 38.0 Å². The molecule has 7 nitrogen and oxygen atoms in total. The maximum absolute atomic E-state index is 12.2. The fourth-order valence-corrected chi connectivity index (χ4v) is 3.48. The summed E-state index contributed by atoms with van der Waals surface area (Å²) in [7, 11) is 1.56. The molecule has 8 heteroatoms. The third kappa shape index (κ3) is 5.07. The number of ketones is 1. The number of benzene rings is 1. The molecule has 0 bridgehead atoms. The Balaban J connectivity index is 2.12. The molecule has 1 amide bonds. The Hall–Kier alpha value is -2.87. The summed E-state index contributed by atoms with van der Waals surface area (Å²) in [5.41, 5.74) is 0.696. The number of esters is 1. The molecular weight excluding hydrogens is 370 g/mol. The van der Waals surface area contributed by atoms with Gasteiger partial charge in [-0.05, 0) is 50.6 Å². The zero-order chi connectivity index (χ0) is 20.0. The van der Waals surface area contributed by atoms with Gasteiger partial charge >= 0.3 is 5.97 Å². The molecule has 0 saturated carbocycles. The van der Waals surface area contributed by atoms with Crippen molar-refractivity contribution in [2.45, 2.75) is 20.8 Å². The lowest BCUT2D eigenvalue weighted by Gasteiger charge is -2.09. The number of carbonyl (C=O) groups is 3. The largest absolute Gasteiger partial charge is 0.497 e. The van der Waals surface area contributed by atoms with Crippen LogP contribution in [0.15, 0.2) is 24.3 Å². The molecule has 2 aromatic rings. The molecule has 0 saturated heterocycles. The van der Waals surface area contributed by atoms with Crippen LogP contribution in [0.2, 0.25) is 0 Å². The quantitative estimate of drug-likeness (QED) is 0.547. The van der Waals surface area contributed by atoms with Crippen molar-refractivity contribution in [1.29, 1.82) is 0 Å². The van der Waals surface area contributed by atoms with Crippen LogP contribution in [0.3, 0.4) is 0 Å². The first-order valence-corrected chi connectivity index (χ1v) is 9.07. The highest BCUT2D eigenvalue weighted by Gasteiger charge is 2.25. The predicted octanol–water partition coefficient (Wildman–Crippen LogP) is 3.46. The van der Waals surface area contributed by atoms with Gasteiger partial charge in [-0.3, -0.25) is 9.59 Å². The van der Waals surface area contributed by atoms with Crippen LogP contribution in [0.4, 0.5) is 5.00 Å². The average molecular weight is 391 g/mol. The van der Waals surface area contributed by atoms with E-state index >= 15 is 0 Å². The number of rotatable bonds is 8. The number of hydrogen-bond donors (Lipinski definition) is 1. The summed E-state index contributed by atoms with van der Waals surface area (Å²) < 4.78 is 15.5. The second-order valence-electron chi connectivity index (χ2n) is 5.55. The molecule has 2 rings (SSSR count). The molecular formula is C19H21NO6S. The van der Waals surface area contributed by atoms with Crippen molar-refractivity contribution in [3.8, 4) is 11.5 Å². The molecule has 0 aliphatic rings. The van der Waals surface area contributed by atoms with Crippen LogP contribution >= 0.6 is 11.3 Å². The lowest BCUT2D eigenvalue weighted by molar-refractivity contribution is -0.118. The van der Waals surface area contributed by atoms with Crippen molar-refractivity contribution in [3.63, 3.8) is 0 Å². The van der Waals surface area contributed by atoms with E-state index in [4.69, 9.17) is 14.2 Å². The lowest BCUT2D eigenvalue weighted by atomic mass is 10.1. The molecule has 1 heterocycles. The molecule has 1 aromatic heterocycles. The van der Waals surface area contributed by atoms with E-state index in [0.717, 1.165) is 11.3 Å². The van der Waals surface area contributed by atoms with E-state index in [-0.39, 0.29) is 29.6 Å². The van der Waals surface area contributed by atoms with Gasteiger partial charge in [0.05, 0.1) is 24.2 Å². The Bertz CT molecular complexity index is 841. The maximum atomic E-state index is 12.2. The normalized spacial score (nSPS) is 10.2. The minimum atomic E-state index is -0.579. The van der Waals surface area contributed by atoms with E-state index in [0.29, 0.717) is 21.9 Å². The minimum Gasteiger partial charge on any atom is -0.497 e. The summed E-state index contributed by atoms with van der Waals surface area (Å²) in [4.78, 5) is 36.6. The van der Waals surface area contributed by atoms with Gasteiger partial charge in [0.25, 0.3) is 5.91 Å². The number of amides is 1. The summed E-state index contributed by atoms with van der Waals surface area (Å²) >= 11 is 1.05. The number of nitrogens with one attached hydrogen (secondary N) is 1. The highest BCUT2D eigenvalue weighted by molar-refractivity contribution is 7.18. The molecule has 0 radical (unpaired) electrons. The van der Waals surface area contributed by atoms with Gasteiger partial charge in [0.15, 0.2) is 12.4 Å². The number of carbonyl (C=O) groups excluding carboxylic acids is 3. The number of thiophene rings is 1. The van der Waals surface area contributed by atoms with Crippen LogP contribution in [0.25, 0.3) is 0 Å². The Morgan fingerprint density at radius 1 is 1.11 bits per heavy atom. The Morgan fingerprint density at radius 2 is 1.74 bits per heavy atom. The summed E-state index contributed by atoms with van der Waals surface area (Å²) in [6, 6.07) is 6.79. The maximum Gasteiger partial charge on any atom is 0.341 e. The molecule has 0 unspecified atom stereocenters. The van der Waals surface area contributed by atoms with Crippen molar-refractivity contribution in [3.05, 3.63) is 40.3 Å². The second kappa shape index (κ2) is 9.18. The SMILES string of the molecule is CCOC(=O)c1c(NC(=O)COc2ccc(OC)cc2)sc(C(C)=O)c1C. The van der Waals surface area contributed by atoms with E-state index in [2.05, 4.69) is 5.32 Å². The van der Waals surface area contributed by atoms with Crippen molar-refractivity contribution in [2.24, 2.45) is 0 Å². The zero-order valence-corrected chi connectivity index (χ0v) is 16.4. The number of ether oxygens (including phenoxy) is 3. The van der Waals surface area contributed by atoms with Gasteiger partial charge < -0.3 is 19.5 Å². The number of hydrogen-bond acceptors (Lipinski definition) is 7. The monoisotopic (exact) mass is 391 g/mol. The van der Waals surface area contributed by atoms with E-state index in [1.54, 1.807) is 45.2 Å². The number of Topliss-reactive ketones (excluding diaryl/α,β-unsaturated/α-hetero) is 1. The van der Waals surface area contributed by atoms with Gasteiger partial charge in [0, 0.05) is 0 Å². The van der Waals surface area contributed by atoms with Crippen LogP contribution in [0, 0.1) is 6.92 Å². The van der Waals surface area contributed by atoms with Crippen LogP contribution < -0.4 is 14.8 Å². The van der Waals surface area contributed by atoms with Crippen LogP contribution in [-0.2, 0) is 9.53 Å². The number of anilines is 1. The third-order valence-electron chi connectivity index (χ3n) is 3.63. The van der Waals surface area contributed by atoms with Crippen molar-refractivity contribution >= 4 is 34.0 Å². The van der Waals surface area contributed by atoms with Crippen LogP contribution in [0.5, 0.6) is 11.5 Å². The van der Waals surface area contributed by atoms with Crippen LogP contribution in [0.1, 0.15) is 39.4 Å². The van der Waals surface area contributed by atoms with E-state index in [1.165, 1.54) is 6.92 Å². The highest BCUT2D eigenvalue weighted by atomic mass is 32.1. The van der Waals surface area contributed by atoms with Gasteiger partial charge in [-0.2, -0.15) is 0 Å². The molecule has 0 atom stereocenters. The minimum absolute atomic E-state index is 0.182.